The van der Waals surface area contributed by atoms with E-state index in [1.807, 2.05) is 41.0 Å². The fourth-order valence-electron chi connectivity index (χ4n) is 3.69. The molecule has 2 aromatic heterocycles. The fourth-order valence-corrected chi connectivity index (χ4v) is 4.64. The summed E-state index contributed by atoms with van der Waals surface area (Å²) in [7, 11) is 1.95. The van der Waals surface area contributed by atoms with Gasteiger partial charge in [0.15, 0.2) is 0 Å². The molecule has 28 heavy (non-hydrogen) atoms. The summed E-state index contributed by atoms with van der Waals surface area (Å²) in [6.45, 7) is 3.43. The highest BCUT2D eigenvalue weighted by Crippen LogP contribution is 2.31. The van der Waals surface area contributed by atoms with Gasteiger partial charge in [-0.1, -0.05) is 48.6 Å². The molecule has 3 aromatic rings. The highest BCUT2D eigenvalue weighted by Gasteiger charge is 2.23. The number of urea groups is 1. The number of aromatic nitrogens is 4. The average Bonchev–Trinajstić information content (AvgIpc) is 3.22. The molecule has 1 atom stereocenters. The predicted octanol–water partition coefficient (Wildman–Crippen LogP) is 3.79. The normalized spacial score (nSPS) is 15.0. The number of carbonyl (C=O) groups is 1. The first kappa shape index (κ1) is 18.6. The van der Waals surface area contributed by atoms with Crippen LogP contribution < -0.4 is 5.32 Å². The summed E-state index contributed by atoms with van der Waals surface area (Å²) in [5, 5.41) is 17.3. The van der Waals surface area contributed by atoms with Crippen molar-refractivity contribution in [2.75, 3.05) is 11.9 Å². The van der Waals surface area contributed by atoms with Crippen LogP contribution in [-0.4, -0.2) is 37.5 Å². The summed E-state index contributed by atoms with van der Waals surface area (Å²) in [6, 6.07) is 10.2. The molecule has 146 valence electrons. The van der Waals surface area contributed by atoms with Gasteiger partial charge in [0.05, 0.1) is 12.7 Å². The molecule has 4 rings (SSSR count). The van der Waals surface area contributed by atoms with Crippen molar-refractivity contribution >= 4 is 22.5 Å². The van der Waals surface area contributed by atoms with Gasteiger partial charge in [0.25, 0.3) is 0 Å². The minimum atomic E-state index is -0.132. The molecule has 1 aliphatic heterocycles. The molecule has 0 saturated heterocycles. The lowest BCUT2D eigenvalue weighted by Gasteiger charge is -2.19. The first-order valence-corrected chi connectivity index (χ1v) is 10.4. The number of nitrogens with zero attached hydrogens (tertiary/aromatic N) is 5. The zero-order chi connectivity index (χ0) is 19.5. The Bertz CT molecular complexity index is 951. The Morgan fingerprint density at radius 1 is 1.29 bits per heavy atom. The number of hydrogen-bond donors (Lipinski definition) is 1. The molecular weight excluding hydrogens is 372 g/mol. The van der Waals surface area contributed by atoms with Gasteiger partial charge in [-0.25, -0.2) is 4.79 Å². The Morgan fingerprint density at radius 2 is 2.11 bits per heavy atom. The number of nitrogens with one attached hydrogen (secondary N) is 1. The van der Waals surface area contributed by atoms with Crippen LogP contribution in [0.25, 0.3) is 0 Å². The SMILES string of the molecule is CCC(c1ccccc1)c1nnc(NC(=O)N2CCCc3c(cnn3C)C2)s1. The number of amides is 2. The lowest BCUT2D eigenvalue weighted by molar-refractivity contribution is 0.210. The molecular formula is C20H24N6OS. The number of fused-ring (bicyclic) bond motifs is 1. The highest BCUT2D eigenvalue weighted by atomic mass is 32.1. The molecule has 1 aromatic carbocycles. The van der Waals surface area contributed by atoms with Crippen LogP contribution in [0.1, 0.15) is 47.5 Å². The monoisotopic (exact) mass is 396 g/mol. The molecule has 0 radical (unpaired) electrons. The third kappa shape index (κ3) is 3.77. The summed E-state index contributed by atoms with van der Waals surface area (Å²) < 4.78 is 1.90. The van der Waals surface area contributed by atoms with Gasteiger partial charge in [0.2, 0.25) is 5.13 Å². The smallest absolute Gasteiger partial charge is 0.320 e. The largest absolute Gasteiger partial charge is 0.323 e. The molecule has 0 spiro atoms. The third-order valence-corrected chi connectivity index (χ3v) is 6.15. The molecule has 2 amide bonds. The quantitative estimate of drug-likeness (QED) is 0.728. The van der Waals surface area contributed by atoms with Crippen molar-refractivity contribution in [2.24, 2.45) is 7.05 Å². The second kappa shape index (κ2) is 8.10. The van der Waals surface area contributed by atoms with Crippen LogP contribution in [0, 0.1) is 0 Å². The van der Waals surface area contributed by atoms with Crippen LogP contribution in [0.4, 0.5) is 9.93 Å². The second-order valence-electron chi connectivity index (χ2n) is 7.01. The average molecular weight is 397 g/mol. The number of rotatable bonds is 4. The van der Waals surface area contributed by atoms with Crippen LogP contribution in [-0.2, 0) is 20.0 Å². The Balaban J connectivity index is 1.45. The third-order valence-electron chi connectivity index (χ3n) is 5.20. The number of hydrogen-bond acceptors (Lipinski definition) is 5. The Kier molecular flexibility index (Phi) is 5.38. The summed E-state index contributed by atoms with van der Waals surface area (Å²) in [5.74, 6) is 0.195. The fraction of sp³-hybridized carbons (Fsp3) is 0.400. The van der Waals surface area contributed by atoms with Gasteiger partial charge in [-0.15, -0.1) is 10.2 Å². The van der Waals surface area contributed by atoms with Crippen LogP contribution in [0.15, 0.2) is 36.5 Å². The van der Waals surface area contributed by atoms with Crippen molar-refractivity contribution in [3.8, 4) is 0 Å². The summed E-state index contributed by atoms with van der Waals surface area (Å²) in [4.78, 5) is 14.6. The van der Waals surface area contributed by atoms with Crippen LogP contribution in [0.5, 0.6) is 0 Å². The molecule has 0 fully saturated rings. The standard InChI is InChI=1S/C20H24N6OS/c1-3-16(14-8-5-4-6-9-14)18-23-24-19(28-18)22-20(27)26-11-7-10-17-15(13-26)12-21-25(17)2/h4-6,8-9,12,16H,3,7,10-11,13H2,1-2H3,(H,22,24,27). The molecule has 0 saturated carbocycles. The van der Waals surface area contributed by atoms with Crippen molar-refractivity contribution in [1.82, 2.24) is 24.9 Å². The van der Waals surface area contributed by atoms with E-state index in [0.29, 0.717) is 18.2 Å². The second-order valence-corrected chi connectivity index (χ2v) is 8.02. The Labute approximate surface area is 168 Å². The van der Waals surface area contributed by atoms with E-state index in [4.69, 9.17) is 0 Å². The topological polar surface area (TPSA) is 75.9 Å². The van der Waals surface area contributed by atoms with E-state index in [-0.39, 0.29) is 11.9 Å². The summed E-state index contributed by atoms with van der Waals surface area (Å²) >= 11 is 1.45. The molecule has 0 bridgehead atoms. The maximum absolute atomic E-state index is 12.8. The number of aryl methyl sites for hydroxylation is 1. The molecule has 7 nitrogen and oxygen atoms in total. The van der Waals surface area contributed by atoms with E-state index < -0.39 is 0 Å². The molecule has 0 aliphatic carbocycles. The predicted molar refractivity (Wildman–Crippen MR) is 109 cm³/mol. The van der Waals surface area contributed by atoms with Crippen molar-refractivity contribution in [2.45, 2.75) is 38.6 Å². The molecule has 3 heterocycles. The van der Waals surface area contributed by atoms with Gasteiger partial charge >= 0.3 is 6.03 Å². The van der Waals surface area contributed by atoms with Crippen LogP contribution in [0.2, 0.25) is 0 Å². The van der Waals surface area contributed by atoms with Gasteiger partial charge in [0, 0.05) is 30.8 Å². The van der Waals surface area contributed by atoms with Crippen molar-refractivity contribution in [1.29, 1.82) is 0 Å². The maximum Gasteiger partial charge on any atom is 0.323 e. The first-order valence-electron chi connectivity index (χ1n) is 9.59. The van der Waals surface area contributed by atoms with Crippen molar-refractivity contribution < 1.29 is 4.79 Å². The lowest BCUT2D eigenvalue weighted by Crippen LogP contribution is -2.34. The number of benzene rings is 1. The summed E-state index contributed by atoms with van der Waals surface area (Å²) in [5.41, 5.74) is 3.54. The van der Waals surface area contributed by atoms with Gasteiger partial charge in [0.1, 0.15) is 5.01 Å². The minimum Gasteiger partial charge on any atom is -0.320 e. The highest BCUT2D eigenvalue weighted by molar-refractivity contribution is 7.15. The van der Waals surface area contributed by atoms with E-state index in [1.165, 1.54) is 22.6 Å². The van der Waals surface area contributed by atoms with Gasteiger partial charge in [-0.2, -0.15) is 5.10 Å². The minimum absolute atomic E-state index is 0.132. The van der Waals surface area contributed by atoms with Crippen molar-refractivity contribution in [3.63, 3.8) is 0 Å². The van der Waals surface area contributed by atoms with Crippen LogP contribution >= 0.6 is 11.3 Å². The molecule has 1 N–H and O–H groups in total. The molecule has 1 unspecified atom stereocenters. The molecule has 8 heteroatoms. The first-order chi connectivity index (χ1) is 13.7. The zero-order valence-electron chi connectivity index (χ0n) is 16.1. The number of anilines is 1. The van der Waals surface area contributed by atoms with E-state index >= 15 is 0 Å². The maximum atomic E-state index is 12.8. The van der Waals surface area contributed by atoms with Crippen LogP contribution in [0.3, 0.4) is 0 Å². The lowest BCUT2D eigenvalue weighted by atomic mass is 9.97. The molecule has 1 aliphatic rings. The van der Waals surface area contributed by atoms with E-state index in [9.17, 15) is 4.79 Å². The van der Waals surface area contributed by atoms with E-state index in [0.717, 1.165) is 29.8 Å². The zero-order valence-corrected chi connectivity index (χ0v) is 16.9. The van der Waals surface area contributed by atoms with Crippen molar-refractivity contribution in [3.05, 3.63) is 58.4 Å². The summed E-state index contributed by atoms with van der Waals surface area (Å²) in [6.07, 6.45) is 4.65. The van der Waals surface area contributed by atoms with E-state index in [1.54, 1.807) is 0 Å². The Morgan fingerprint density at radius 3 is 2.89 bits per heavy atom. The van der Waals surface area contributed by atoms with E-state index in [2.05, 4.69) is 39.7 Å². The van der Waals surface area contributed by atoms with Gasteiger partial charge < -0.3 is 4.90 Å². The Hall–Kier alpha value is -2.74. The number of carbonyl (C=O) groups excluding carboxylic acids is 1. The van der Waals surface area contributed by atoms with Gasteiger partial charge in [-0.3, -0.25) is 10.00 Å². The van der Waals surface area contributed by atoms with Gasteiger partial charge in [-0.05, 0) is 24.8 Å².